The number of hydrogen-bond acceptors (Lipinski definition) is 3. The molecule has 3 heteroatoms. The second-order valence-electron chi connectivity index (χ2n) is 10.9. The van der Waals surface area contributed by atoms with Crippen molar-refractivity contribution in [1.82, 2.24) is 4.98 Å². The van der Waals surface area contributed by atoms with E-state index >= 15 is 0 Å². The standard InChI is InChI=1S/C41H28N2O/c1-2-8-29(9-3-1)30-15-21-34(22-16-30)43(35-23-17-31(18-24-35)33-10-7-27-42-28-33)36-25-19-32(20-26-36)37-12-6-13-39-38-11-4-5-14-40(38)44-41(37)39/h1-28H. The van der Waals surface area contributed by atoms with Gasteiger partial charge in [-0.3, -0.25) is 4.98 Å². The zero-order chi connectivity index (χ0) is 29.3. The van der Waals surface area contributed by atoms with Crippen LogP contribution in [0.4, 0.5) is 17.1 Å². The largest absolute Gasteiger partial charge is 0.455 e. The van der Waals surface area contributed by atoms with Gasteiger partial charge in [0.1, 0.15) is 11.2 Å². The van der Waals surface area contributed by atoms with Crippen molar-refractivity contribution < 1.29 is 4.42 Å². The van der Waals surface area contributed by atoms with E-state index in [4.69, 9.17) is 4.42 Å². The molecule has 0 saturated heterocycles. The number of rotatable bonds is 6. The Kier molecular flexibility index (Phi) is 6.47. The molecule has 8 rings (SSSR count). The molecule has 0 aliphatic heterocycles. The van der Waals surface area contributed by atoms with Crippen LogP contribution < -0.4 is 4.90 Å². The maximum Gasteiger partial charge on any atom is 0.143 e. The Labute approximate surface area is 256 Å². The molecule has 8 aromatic rings. The minimum atomic E-state index is 0.909. The summed E-state index contributed by atoms with van der Waals surface area (Å²) >= 11 is 0. The zero-order valence-corrected chi connectivity index (χ0v) is 24.0. The van der Waals surface area contributed by atoms with Crippen LogP contribution in [0.1, 0.15) is 0 Å². The molecule has 0 fully saturated rings. The van der Waals surface area contributed by atoms with Crippen LogP contribution in [0.25, 0.3) is 55.3 Å². The van der Waals surface area contributed by atoms with E-state index < -0.39 is 0 Å². The molecule has 0 saturated carbocycles. The van der Waals surface area contributed by atoms with E-state index in [-0.39, 0.29) is 0 Å². The third-order valence-electron chi connectivity index (χ3n) is 8.19. The van der Waals surface area contributed by atoms with E-state index in [9.17, 15) is 0 Å². The molecule has 44 heavy (non-hydrogen) atoms. The van der Waals surface area contributed by atoms with Gasteiger partial charge in [-0.25, -0.2) is 0 Å². The van der Waals surface area contributed by atoms with Crippen LogP contribution in [0.2, 0.25) is 0 Å². The second kappa shape index (κ2) is 11.0. The molecule has 0 amide bonds. The molecule has 0 N–H and O–H groups in total. The van der Waals surface area contributed by atoms with Crippen LogP contribution in [0.3, 0.4) is 0 Å². The molecule has 0 aliphatic carbocycles. The van der Waals surface area contributed by atoms with Crippen LogP contribution in [-0.2, 0) is 0 Å². The molecule has 0 bridgehead atoms. The average Bonchev–Trinajstić information content (AvgIpc) is 3.49. The maximum atomic E-state index is 6.33. The van der Waals surface area contributed by atoms with Gasteiger partial charge in [0.25, 0.3) is 0 Å². The van der Waals surface area contributed by atoms with Crippen LogP contribution >= 0.6 is 0 Å². The van der Waals surface area contributed by atoms with Crippen LogP contribution in [-0.4, -0.2) is 4.98 Å². The van der Waals surface area contributed by atoms with Crippen molar-refractivity contribution in [3.63, 3.8) is 0 Å². The lowest BCUT2D eigenvalue weighted by atomic mass is 10.0. The number of aromatic nitrogens is 1. The van der Waals surface area contributed by atoms with Crippen molar-refractivity contribution in [3.05, 3.63) is 170 Å². The molecule has 0 atom stereocenters. The molecule has 0 radical (unpaired) electrons. The van der Waals surface area contributed by atoms with Gasteiger partial charge < -0.3 is 9.32 Å². The predicted molar refractivity (Wildman–Crippen MR) is 183 cm³/mol. The summed E-state index contributed by atoms with van der Waals surface area (Å²) in [7, 11) is 0. The Hall–Kier alpha value is -5.93. The summed E-state index contributed by atoms with van der Waals surface area (Å²) in [4.78, 5) is 6.59. The van der Waals surface area contributed by atoms with Crippen molar-refractivity contribution in [2.24, 2.45) is 0 Å². The lowest BCUT2D eigenvalue weighted by Crippen LogP contribution is -2.09. The van der Waals surface area contributed by atoms with Crippen LogP contribution in [0.15, 0.2) is 175 Å². The average molecular weight is 565 g/mol. The van der Waals surface area contributed by atoms with Crippen LogP contribution in [0.5, 0.6) is 0 Å². The Balaban J connectivity index is 1.19. The normalized spacial score (nSPS) is 11.2. The van der Waals surface area contributed by atoms with Gasteiger partial charge in [-0.15, -0.1) is 0 Å². The fourth-order valence-electron chi connectivity index (χ4n) is 5.98. The highest BCUT2D eigenvalue weighted by atomic mass is 16.3. The number of pyridine rings is 1. The third kappa shape index (κ3) is 4.71. The van der Waals surface area contributed by atoms with E-state index in [0.29, 0.717) is 0 Å². The van der Waals surface area contributed by atoms with E-state index in [1.165, 1.54) is 11.1 Å². The highest BCUT2D eigenvalue weighted by Gasteiger charge is 2.16. The second-order valence-corrected chi connectivity index (χ2v) is 10.9. The summed E-state index contributed by atoms with van der Waals surface area (Å²) in [5.41, 5.74) is 11.9. The van der Waals surface area contributed by atoms with E-state index in [2.05, 4.69) is 143 Å². The van der Waals surface area contributed by atoms with Gasteiger partial charge in [0.2, 0.25) is 0 Å². The number of benzene rings is 6. The first kappa shape index (κ1) is 25.8. The van der Waals surface area contributed by atoms with Crippen molar-refractivity contribution in [2.45, 2.75) is 0 Å². The molecule has 6 aromatic carbocycles. The quantitative estimate of drug-likeness (QED) is 0.201. The molecule has 0 spiro atoms. The highest BCUT2D eigenvalue weighted by molar-refractivity contribution is 6.09. The van der Waals surface area contributed by atoms with Crippen LogP contribution in [0, 0.1) is 0 Å². The summed E-state index contributed by atoms with van der Waals surface area (Å²) < 4.78 is 6.33. The number of para-hydroxylation sites is 2. The number of nitrogens with zero attached hydrogens (tertiary/aromatic N) is 2. The minimum absolute atomic E-state index is 0.909. The van der Waals surface area contributed by atoms with Crippen molar-refractivity contribution in [2.75, 3.05) is 4.90 Å². The summed E-state index contributed by atoms with van der Waals surface area (Å²) in [5, 5.41) is 2.27. The maximum absolute atomic E-state index is 6.33. The predicted octanol–water partition coefficient (Wildman–Crippen LogP) is 11.5. The third-order valence-corrected chi connectivity index (χ3v) is 8.19. The van der Waals surface area contributed by atoms with Gasteiger partial charge in [-0.1, -0.05) is 109 Å². The van der Waals surface area contributed by atoms with Gasteiger partial charge in [0.15, 0.2) is 0 Å². The Morgan fingerprint density at radius 2 is 0.955 bits per heavy atom. The number of anilines is 3. The van der Waals surface area contributed by atoms with Gasteiger partial charge in [-0.2, -0.15) is 0 Å². The smallest absolute Gasteiger partial charge is 0.143 e. The van der Waals surface area contributed by atoms with E-state index in [1.807, 2.05) is 30.5 Å². The summed E-state index contributed by atoms with van der Waals surface area (Å²) in [6, 6.07) is 55.4. The summed E-state index contributed by atoms with van der Waals surface area (Å²) in [6.45, 7) is 0. The Bertz CT molecular complexity index is 2100. The van der Waals surface area contributed by atoms with Gasteiger partial charge in [0.05, 0.1) is 0 Å². The van der Waals surface area contributed by atoms with Gasteiger partial charge >= 0.3 is 0 Å². The number of fused-ring (bicyclic) bond motifs is 3. The topological polar surface area (TPSA) is 29.3 Å². The van der Waals surface area contributed by atoms with Crippen molar-refractivity contribution in [3.8, 4) is 33.4 Å². The molecule has 2 aromatic heterocycles. The first-order chi connectivity index (χ1) is 21.8. The molecular formula is C41H28N2O. The number of hydrogen-bond donors (Lipinski definition) is 0. The molecule has 208 valence electrons. The van der Waals surface area contributed by atoms with E-state index in [0.717, 1.165) is 61.3 Å². The summed E-state index contributed by atoms with van der Waals surface area (Å²) in [6.07, 6.45) is 3.70. The first-order valence-corrected chi connectivity index (χ1v) is 14.8. The van der Waals surface area contributed by atoms with Crippen molar-refractivity contribution in [1.29, 1.82) is 0 Å². The van der Waals surface area contributed by atoms with Gasteiger partial charge in [-0.05, 0) is 76.3 Å². The Morgan fingerprint density at radius 1 is 0.409 bits per heavy atom. The molecule has 3 nitrogen and oxygen atoms in total. The SMILES string of the molecule is c1ccc(-c2ccc(N(c3ccc(-c4cccnc4)cc3)c3ccc(-c4cccc5c4oc4ccccc45)cc3)cc2)cc1. The Morgan fingerprint density at radius 3 is 1.61 bits per heavy atom. The van der Waals surface area contributed by atoms with Crippen molar-refractivity contribution >= 4 is 39.0 Å². The highest BCUT2D eigenvalue weighted by Crippen LogP contribution is 2.39. The lowest BCUT2D eigenvalue weighted by Gasteiger charge is -2.26. The molecule has 2 heterocycles. The summed E-state index contributed by atoms with van der Waals surface area (Å²) in [5.74, 6) is 0. The first-order valence-electron chi connectivity index (χ1n) is 14.8. The fourth-order valence-corrected chi connectivity index (χ4v) is 5.98. The molecule has 0 aliphatic rings. The molecular weight excluding hydrogens is 536 g/mol. The number of furan rings is 1. The van der Waals surface area contributed by atoms with E-state index in [1.54, 1.807) is 6.20 Å². The zero-order valence-electron chi connectivity index (χ0n) is 24.0. The lowest BCUT2D eigenvalue weighted by molar-refractivity contribution is 0.670. The fraction of sp³-hybridized carbons (Fsp3) is 0. The molecule has 0 unspecified atom stereocenters. The van der Waals surface area contributed by atoms with Gasteiger partial charge in [0, 0.05) is 45.8 Å². The minimum Gasteiger partial charge on any atom is -0.455 e. The monoisotopic (exact) mass is 564 g/mol.